The van der Waals surface area contributed by atoms with Gasteiger partial charge in [-0.3, -0.25) is 0 Å². The van der Waals surface area contributed by atoms with E-state index in [9.17, 15) is 23.2 Å². The molecule has 1 heterocycles. The molecule has 20 heavy (non-hydrogen) atoms. The van der Waals surface area contributed by atoms with Crippen molar-refractivity contribution in [1.29, 1.82) is 0 Å². The minimum Gasteiger partial charge on any atom is -0.426 e. The molecule has 0 saturated heterocycles. The van der Waals surface area contributed by atoms with Crippen LogP contribution in [0.3, 0.4) is 0 Å². The third-order valence-electron chi connectivity index (χ3n) is 3.11. The van der Waals surface area contributed by atoms with Gasteiger partial charge in [0.1, 0.15) is 0 Å². The predicted octanol–water partition coefficient (Wildman–Crippen LogP) is 2.41. The molecule has 0 aliphatic rings. The van der Waals surface area contributed by atoms with Crippen LogP contribution in [0.1, 0.15) is 31.5 Å². The van der Waals surface area contributed by atoms with E-state index < -0.39 is 25.1 Å². The molecule has 2 rings (SSSR count). The molecule has 0 amide bonds. The Bertz CT molecular complexity index is 598. The zero-order valence-electron chi connectivity index (χ0n) is 10.8. The van der Waals surface area contributed by atoms with E-state index in [2.05, 4.69) is 4.98 Å². The first-order valence-corrected chi connectivity index (χ1v) is 6.26. The number of fused-ring (bicyclic) bond motifs is 1. The highest BCUT2D eigenvalue weighted by molar-refractivity contribution is 6.42. The predicted molar refractivity (Wildman–Crippen MR) is 68.9 cm³/mol. The van der Waals surface area contributed by atoms with E-state index in [1.54, 1.807) is 19.1 Å². The number of benzene rings is 1. The maximum Gasteiger partial charge on any atom is 0.476 e. The van der Waals surface area contributed by atoms with Gasteiger partial charge in [-0.05, 0) is 18.6 Å². The number of hydrogen-bond donors (Lipinski definition) is 2. The van der Waals surface area contributed by atoms with Gasteiger partial charge in [-0.25, -0.2) is 4.98 Å². The van der Waals surface area contributed by atoms with Gasteiger partial charge in [-0.2, -0.15) is 13.2 Å². The van der Waals surface area contributed by atoms with Crippen LogP contribution in [-0.2, 0) is 6.18 Å². The lowest BCUT2D eigenvalue weighted by Crippen LogP contribution is -2.31. The second kappa shape index (κ2) is 5.45. The number of nitrogens with zero attached hydrogens (tertiary/aromatic N) is 2. The first-order valence-electron chi connectivity index (χ1n) is 6.26. The van der Waals surface area contributed by atoms with E-state index in [1.165, 1.54) is 12.1 Å². The molecule has 0 radical (unpaired) electrons. The van der Waals surface area contributed by atoms with Crippen molar-refractivity contribution in [1.82, 2.24) is 9.55 Å². The van der Waals surface area contributed by atoms with Crippen LogP contribution in [-0.4, -0.2) is 26.7 Å². The van der Waals surface area contributed by atoms with Gasteiger partial charge in [0.25, 0.3) is 0 Å². The Balaban J connectivity index is 2.70. The topological polar surface area (TPSA) is 58.3 Å². The molecule has 4 nitrogen and oxygen atoms in total. The van der Waals surface area contributed by atoms with Crippen LogP contribution < -0.4 is 0 Å². The summed E-state index contributed by atoms with van der Waals surface area (Å²) in [5.41, 5.74) is 0.424. The van der Waals surface area contributed by atoms with Gasteiger partial charge in [0.2, 0.25) is 5.82 Å². The maximum absolute atomic E-state index is 13.1. The molecule has 0 aliphatic carbocycles. The first kappa shape index (κ1) is 14.9. The van der Waals surface area contributed by atoms with Gasteiger partial charge in [0, 0.05) is 0 Å². The molecule has 2 N–H and O–H groups in total. The van der Waals surface area contributed by atoms with Crippen molar-refractivity contribution in [2.75, 3.05) is 0 Å². The smallest absolute Gasteiger partial charge is 0.426 e. The fraction of sp³-hybridized carbons (Fsp3) is 0.417. The summed E-state index contributed by atoms with van der Waals surface area (Å²) in [5.74, 6) is -2.19. The summed E-state index contributed by atoms with van der Waals surface area (Å²) < 4.78 is 40.2. The zero-order chi connectivity index (χ0) is 14.9. The number of alkyl halides is 3. The largest absolute Gasteiger partial charge is 0.476 e. The van der Waals surface area contributed by atoms with Crippen LogP contribution in [0.25, 0.3) is 11.0 Å². The van der Waals surface area contributed by atoms with Gasteiger partial charge in [0.15, 0.2) is 0 Å². The minimum absolute atomic E-state index is 0.182. The summed E-state index contributed by atoms with van der Waals surface area (Å²) in [5, 5.41) is 18.8. The third kappa shape index (κ3) is 2.66. The van der Waals surface area contributed by atoms with Gasteiger partial charge in [-0.1, -0.05) is 25.5 Å². The monoisotopic (exact) mass is 286 g/mol. The molecule has 0 spiro atoms. The minimum atomic E-state index is -4.65. The van der Waals surface area contributed by atoms with E-state index in [4.69, 9.17) is 0 Å². The summed E-state index contributed by atoms with van der Waals surface area (Å²) >= 11 is 0. The van der Waals surface area contributed by atoms with Gasteiger partial charge in [0.05, 0.1) is 17.0 Å². The van der Waals surface area contributed by atoms with Crippen molar-refractivity contribution >= 4 is 18.2 Å². The molecule has 1 aromatic heterocycles. The van der Waals surface area contributed by atoms with E-state index in [0.29, 0.717) is 6.42 Å². The lowest BCUT2D eigenvalue weighted by Gasteiger charge is -2.21. The zero-order valence-corrected chi connectivity index (χ0v) is 10.8. The lowest BCUT2D eigenvalue weighted by atomic mass is 9.76. The van der Waals surface area contributed by atoms with E-state index in [0.717, 1.165) is 4.57 Å². The van der Waals surface area contributed by atoms with Gasteiger partial charge < -0.3 is 14.6 Å². The molecule has 0 aliphatic heterocycles. The molecule has 2 aromatic rings. The van der Waals surface area contributed by atoms with Crippen LogP contribution in [0.5, 0.6) is 0 Å². The standard InChI is InChI=1S/C12H14BF3N2O2/c1-2-5-10(13(19)20)18-9-7-4-3-6-8(9)17-11(18)12(14,15)16/h3-4,6-7,10,19-20H,2,5H2,1H3. The van der Waals surface area contributed by atoms with E-state index in [-0.39, 0.29) is 17.5 Å². The molecule has 1 atom stereocenters. The van der Waals surface area contributed by atoms with Gasteiger partial charge >= 0.3 is 13.3 Å². The maximum atomic E-state index is 13.1. The molecular weight excluding hydrogens is 272 g/mol. The molecule has 1 unspecified atom stereocenters. The Morgan fingerprint density at radius 2 is 1.95 bits per heavy atom. The summed E-state index contributed by atoms with van der Waals surface area (Å²) in [4.78, 5) is 3.59. The fourth-order valence-electron chi connectivity index (χ4n) is 2.29. The van der Waals surface area contributed by atoms with E-state index >= 15 is 0 Å². The number of hydrogen-bond acceptors (Lipinski definition) is 3. The average molecular weight is 286 g/mol. The van der Waals surface area contributed by atoms with Crippen molar-refractivity contribution < 1.29 is 23.2 Å². The summed E-state index contributed by atoms with van der Waals surface area (Å²) in [6.07, 6.45) is -3.92. The summed E-state index contributed by atoms with van der Waals surface area (Å²) in [6, 6.07) is 6.13. The highest BCUT2D eigenvalue weighted by Gasteiger charge is 2.41. The van der Waals surface area contributed by atoms with E-state index in [1.807, 2.05) is 0 Å². The fourth-order valence-corrected chi connectivity index (χ4v) is 2.29. The Morgan fingerprint density at radius 3 is 2.50 bits per heavy atom. The van der Waals surface area contributed by atoms with Crippen LogP contribution in [0.15, 0.2) is 24.3 Å². The second-order valence-corrected chi connectivity index (χ2v) is 4.56. The first-order chi connectivity index (χ1) is 9.36. The van der Waals surface area contributed by atoms with Crippen LogP contribution in [0.4, 0.5) is 13.2 Å². The van der Waals surface area contributed by atoms with Crippen LogP contribution >= 0.6 is 0 Å². The summed E-state index contributed by atoms with van der Waals surface area (Å²) in [6.45, 7) is 1.77. The SMILES string of the molecule is CCCC(B(O)O)n1c(C(F)(F)F)nc2ccccc21. The van der Waals surface area contributed by atoms with Crippen LogP contribution in [0, 0.1) is 0 Å². The molecule has 108 valence electrons. The van der Waals surface area contributed by atoms with Crippen molar-refractivity contribution in [3.63, 3.8) is 0 Å². The molecule has 0 saturated carbocycles. The Hall–Kier alpha value is -1.54. The number of imidazole rings is 1. The third-order valence-corrected chi connectivity index (χ3v) is 3.11. The Morgan fingerprint density at radius 1 is 1.30 bits per heavy atom. The molecule has 8 heteroatoms. The number of rotatable bonds is 4. The van der Waals surface area contributed by atoms with Gasteiger partial charge in [-0.15, -0.1) is 0 Å². The molecule has 1 aromatic carbocycles. The van der Waals surface area contributed by atoms with Crippen molar-refractivity contribution in [2.45, 2.75) is 31.9 Å². The quantitative estimate of drug-likeness (QED) is 0.848. The second-order valence-electron chi connectivity index (χ2n) is 4.56. The lowest BCUT2D eigenvalue weighted by molar-refractivity contribution is -0.147. The average Bonchev–Trinajstić information content (AvgIpc) is 2.74. The molecular formula is C12H14BF3N2O2. The number of para-hydroxylation sites is 2. The van der Waals surface area contributed by atoms with Crippen molar-refractivity contribution in [2.24, 2.45) is 0 Å². The highest BCUT2D eigenvalue weighted by atomic mass is 19.4. The normalized spacial score (nSPS) is 13.7. The molecule has 0 bridgehead atoms. The van der Waals surface area contributed by atoms with Crippen molar-refractivity contribution in [3.8, 4) is 0 Å². The number of halogens is 3. The summed E-state index contributed by atoms with van der Waals surface area (Å²) in [7, 11) is -1.88. The molecule has 0 fully saturated rings. The highest BCUT2D eigenvalue weighted by Crippen LogP contribution is 2.35. The van der Waals surface area contributed by atoms with Crippen molar-refractivity contribution in [3.05, 3.63) is 30.1 Å². The Kier molecular flexibility index (Phi) is 4.05. The van der Waals surface area contributed by atoms with Crippen LogP contribution in [0.2, 0.25) is 0 Å². The number of aromatic nitrogens is 2. The Labute approximate surface area is 114 Å².